The van der Waals surface area contributed by atoms with Crippen LogP contribution >= 0.6 is 0 Å². The molecular formula is C14H30N2. The van der Waals surface area contributed by atoms with Gasteiger partial charge in [0.1, 0.15) is 0 Å². The van der Waals surface area contributed by atoms with Gasteiger partial charge in [-0.2, -0.15) is 0 Å². The predicted octanol–water partition coefficient (Wildman–Crippen LogP) is 2.74. The molecule has 96 valence electrons. The van der Waals surface area contributed by atoms with E-state index < -0.39 is 0 Å². The van der Waals surface area contributed by atoms with Crippen molar-refractivity contribution >= 4 is 0 Å². The fourth-order valence-corrected chi connectivity index (χ4v) is 2.68. The molecule has 1 aliphatic heterocycles. The van der Waals surface area contributed by atoms with E-state index in [1.54, 1.807) is 0 Å². The molecule has 1 saturated heterocycles. The fourth-order valence-electron chi connectivity index (χ4n) is 2.68. The van der Waals surface area contributed by atoms with Gasteiger partial charge in [-0.25, -0.2) is 0 Å². The Morgan fingerprint density at radius 1 is 1.25 bits per heavy atom. The van der Waals surface area contributed by atoms with Crippen LogP contribution in [0.15, 0.2) is 0 Å². The van der Waals surface area contributed by atoms with Crippen LogP contribution in [0.2, 0.25) is 0 Å². The van der Waals surface area contributed by atoms with Crippen molar-refractivity contribution in [1.82, 2.24) is 10.2 Å². The molecule has 0 saturated carbocycles. The molecule has 0 amide bonds. The van der Waals surface area contributed by atoms with Gasteiger partial charge in [0.05, 0.1) is 0 Å². The summed E-state index contributed by atoms with van der Waals surface area (Å²) in [5, 5.41) is 3.56. The number of hydrogen-bond acceptors (Lipinski definition) is 2. The van der Waals surface area contributed by atoms with E-state index in [4.69, 9.17) is 0 Å². The summed E-state index contributed by atoms with van der Waals surface area (Å²) in [5.74, 6) is 1.75. The minimum atomic E-state index is 0.799. The zero-order chi connectivity index (χ0) is 12.0. The first-order chi connectivity index (χ1) is 7.59. The minimum absolute atomic E-state index is 0.799. The molecule has 0 aromatic carbocycles. The second-order valence-corrected chi connectivity index (χ2v) is 5.97. The lowest BCUT2D eigenvalue weighted by Crippen LogP contribution is -2.34. The van der Waals surface area contributed by atoms with Crippen molar-refractivity contribution in [3.63, 3.8) is 0 Å². The number of hydrogen-bond donors (Lipinski definition) is 1. The molecule has 0 radical (unpaired) electrons. The SMILES string of the molecule is CC(C)CCCNCCN1CC(C)CC1C. The van der Waals surface area contributed by atoms with E-state index in [0.717, 1.165) is 24.4 Å². The molecule has 2 unspecified atom stereocenters. The van der Waals surface area contributed by atoms with Crippen molar-refractivity contribution in [3.05, 3.63) is 0 Å². The van der Waals surface area contributed by atoms with Crippen molar-refractivity contribution in [2.75, 3.05) is 26.2 Å². The average Bonchev–Trinajstić information content (AvgIpc) is 2.50. The van der Waals surface area contributed by atoms with Crippen LogP contribution < -0.4 is 5.32 Å². The highest BCUT2D eigenvalue weighted by Crippen LogP contribution is 2.21. The largest absolute Gasteiger partial charge is 0.315 e. The Morgan fingerprint density at radius 3 is 2.56 bits per heavy atom. The van der Waals surface area contributed by atoms with Gasteiger partial charge in [0, 0.05) is 25.7 Å². The summed E-state index contributed by atoms with van der Waals surface area (Å²) in [6.45, 7) is 14.2. The Hall–Kier alpha value is -0.0800. The molecule has 2 heteroatoms. The summed E-state index contributed by atoms with van der Waals surface area (Å²) in [6.07, 6.45) is 4.06. The number of nitrogens with one attached hydrogen (secondary N) is 1. The monoisotopic (exact) mass is 226 g/mol. The highest BCUT2D eigenvalue weighted by Gasteiger charge is 2.24. The molecule has 1 N–H and O–H groups in total. The van der Waals surface area contributed by atoms with Gasteiger partial charge >= 0.3 is 0 Å². The van der Waals surface area contributed by atoms with Gasteiger partial charge in [0.15, 0.2) is 0 Å². The third-order valence-corrected chi connectivity index (χ3v) is 3.62. The van der Waals surface area contributed by atoms with Crippen molar-refractivity contribution in [2.24, 2.45) is 11.8 Å². The van der Waals surface area contributed by atoms with Crippen molar-refractivity contribution < 1.29 is 0 Å². The Labute approximate surface area is 102 Å². The molecular weight excluding hydrogens is 196 g/mol. The van der Waals surface area contributed by atoms with Gasteiger partial charge in [-0.3, -0.25) is 4.90 Å². The second-order valence-electron chi connectivity index (χ2n) is 5.97. The van der Waals surface area contributed by atoms with E-state index in [-0.39, 0.29) is 0 Å². The van der Waals surface area contributed by atoms with Gasteiger partial charge < -0.3 is 5.32 Å². The number of likely N-dealkylation sites (tertiary alicyclic amines) is 1. The van der Waals surface area contributed by atoms with E-state index in [1.807, 2.05) is 0 Å². The first kappa shape index (κ1) is 14.0. The molecule has 0 aromatic heterocycles. The summed E-state index contributed by atoms with van der Waals surface area (Å²) in [4.78, 5) is 2.63. The number of nitrogens with zero attached hydrogens (tertiary/aromatic N) is 1. The predicted molar refractivity (Wildman–Crippen MR) is 71.8 cm³/mol. The van der Waals surface area contributed by atoms with E-state index in [9.17, 15) is 0 Å². The van der Waals surface area contributed by atoms with Crippen LogP contribution in [0, 0.1) is 11.8 Å². The third kappa shape index (κ3) is 5.31. The Balaban J connectivity index is 1.95. The smallest absolute Gasteiger partial charge is 0.0110 e. The molecule has 1 fully saturated rings. The van der Waals surface area contributed by atoms with Crippen molar-refractivity contribution in [3.8, 4) is 0 Å². The second kappa shape index (κ2) is 7.29. The summed E-state index contributed by atoms with van der Waals surface area (Å²) >= 11 is 0. The lowest BCUT2D eigenvalue weighted by Gasteiger charge is -2.21. The molecule has 1 aliphatic rings. The molecule has 0 spiro atoms. The molecule has 0 aliphatic carbocycles. The summed E-state index contributed by atoms with van der Waals surface area (Å²) in [6, 6.07) is 0.799. The summed E-state index contributed by atoms with van der Waals surface area (Å²) in [7, 11) is 0. The van der Waals surface area contributed by atoms with Crippen LogP contribution in [0.4, 0.5) is 0 Å². The van der Waals surface area contributed by atoms with Crippen LogP contribution in [0.5, 0.6) is 0 Å². The molecule has 2 nitrogen and oxygen atoms in total. The Bertz CT molecular complexity index is 180. The van der Waals surface area contributed by atoms with Crippen LogP contribution in [0.25, 0.3) is 0 Å². The maximum absolute atomic E-state index is 3.56. The quantitative estimate of drug-likeness (QED) is 0.672. The molecule has 2 atom stereocenters. The molecule has 0 aromatic rings. The highest BCUT2D eigenvalue weighted by atomic mass is 15.2. The van der Waals surface area contributed by atoms with E-state index in [1.165, 1.54) is 38.9 Å². The van der Waals surface area contributed by atoms with E-state index >= 15 is 0 Å². The normalized spacial score (nSPS) is 26.8. The van der Waals surface area contributed by atoms with Gasteiger partial charge in [0.25, 0.3) is 0 Å². The molecule has 16 heavy (non-hydrogen) atoms. The van der Waals surface area contributed by atoms with Gasteiger partial charge in [-0.05, 0) is 44.6 Å². The molecule has 1 heterocycles. The van der Waals surface area contributed by atoms with Crippen LogP contribution in [-0.4, -0.2) is 37.1 Å². The van der Waals surface area contributed by atoms with Gasteiger partial charge in [-0.1, -0.05) is 20.8 Å². The zero-order valence-corrected chi connectivity index (χ0v) is 11.6. The fraction of sp³-hybridized carbons (Fsp3) is 1.00. The van der Waals surface area contributed by atoms with Crippen molar-refractivity contribution in [2.45, 2.75) is 53.0 Å². The standard InChI is InChI=1S/C14H30N2/c1-12(2)6-5-7-15-8-9-16-11-13(3)10-14(16)4/h12-15H,5-11H2,1-4H3. The summed E-state index contributed by atoms with van der Waals surface area (Å²) in [5.41, 5.74) is 0. The third-order valence-electron chi connectivity index (χ3n) is 3.62. The maximum Gasteiger partial charge on any atom is 0.0110 e. The Morgan fingerprint density at radius 2 is 2.00 bits per heavy atom. The molecule has 0 bridgehead atoms. The highest BCUT2D eigenvalue weighted by molar-refractivity contribution is 4.80. The Kier molecular flexibility index (Phi) is 6.37. The first-order valence-corrected chi connectivity index (χ1v) is 7.04. The van der Waals surface area contributed by atoms with Crippen molar-refractivity contribution in [1.29, 1.82) is 0 Å². The van der Waals surface area contributed by atoms with E-state index in [0.29, 0.717) is 0 Å². The van der Waals surface area contributed by atoms with Crippen LogP contribution in [-0.2, 0) is 0 Å². The first-order valence-electron chi connectivity index (χ1n) is 7.04. The maximum atomic E-state index is 3.56. The lowest BCUT2D eigenvalue weighted by atomic mass is 10.1. The van der Waals surface area contributed by atoms with Gasteiger partial charge in [-0.15, -0.1) is 0 Å². The van der Waals surface area contributed by atoms with Gasteiger partial charge in [0.2, 0.25) is 0 Å². The lowest BCUT2D eigenvalue weighted by molar-refractivity contribution is 0.264. The average molecular weight is 226 g/mol. The minimum Gasteiger partial charge on any atom is -0.315 e. The summed E-state index contributed by atoms with van der Waals surface area (Å²) < 4.78 is 0. The zero-order valence-electron chi connectivity index (χ0n) is 11.6. The number of rotatable bonds is 7. The van der Waals surface area contributed by atoms with Crippen LogP contribution in [0.1, 0.15) is 47.0 Å². The topological polar surface area (TPSA) is 15.3 Å². The van der Waals surface area contributed by atoms with Crippen LogP contribution in [0.3, 0.4) is 0 Å². The molecule has 1 rings (SSSR count). The van der Waals surface area contributed by atoms with E-state index in [2.05, 4.69) is 37.9 Å².